The molecule has 0 fully saturated rings. The summed E-state index contributed by atoms with van der Waals surface area (Å²) in [6.45, 7) is 0.0267. The molecule has 106 valence electrons. The van der Waals surface area contributed by atoms with Crippen molar-refractivity contribution in [1.29, 1.82) is 0 Å². The molecule has 0 bridgehead atoms. The van der Waals surface area contributed by atoms with Gasteiger partial charge in [0.25, 0.3) is 0 Å². The molecule has 4 heteroatoms. The Kier molecular flexibility index (Phi) is 5.41. The van der Waals surface area contributed by atoms with Crippen LogP contribution in [0.15, 0.2) is 42.5 Å². The van der Waals surface area contributed by atoms with Crippen LogP contribution in [0.1, 0.15) is 11.1 Å². The van der Waals surface area contributed by atoms with Gasteiger partial charge in [0.15, 0.2) is 0 Å². The Hall–Kier alpha value is -1.09. The minimum absolute atomic E-state index is 0.00198. The summed E-state index contributed by atoms with van der Waals surface area (Å²) in [7, 11) is 0. The van der Waals surface area contributed by atoms with E-state index >= 15 is 0 Å². The Morgan fingerprint density at radius 1 is 0.950 bits per heavy atom. The van der Waals surface area contributed by atoms with E-state index in [9.17, 15) is 9.50 Å². The molecule has 0 saturated carbocycles. The predicted octanol–water partition coefficient (Wildman–Crippen LogP) is 4.53. The highest BCUT2D eigenvalue weighted by atomic mass is 35.5. The second kappa shape index (κ2) is 7.07. The van der Waals surface area contributed by atoms with Crippen molar-refractivity contribution in [2.24, 2.45) is 5.92 Å². The van der Waals surface area contributed by atoms with Gasteiger partial charge in [-0.15, -0.1) is 0 Å². The van der Waals surface area contributed by atoms with Crippen molar-refractivity contribution in [1.82, 2.24) is 0 Å². The lowest BCUT2D eigenvalue weighted by molar-refractivity contribution is 0.225. The van der Waals surface area contributed by atoms with E-state index in [0.717, 1.165) is 11.1 Å². The minimum Gasteiger partial charge on any atom is -0.396 e. The predicted molar refractivity (Wildman–Crippen MR) is 80.8 cm³/mol. The van der Waals surface area contributed by atoms with E-state index in [2.05, 4.69) is 0 Å². The van der Waals surface area contributed by atoms with Crippen molar-refractivity contribution < 1.29 is 9.50 Å². The summed E-state index contributed by atoms with van der Waals surface area (Å²) in [4.78, 5) is 0. The summed E-state index contributed by atoms with van der Waals surface area (Å²) in [5.41, 5.74) is 1.82. The summed E-state index contributed by atoms with van der Waals surface area (Å²) >= 11 is 12.3. The number of hydrogen-bond donors (Lipinski definition) is 1. The zero-order chi connectivity index (χ0) is 14.5. The second-order valence-electron chi connectivity index (χ2n) is 4.78. The molecular weight excluding hydrogens is 298 g/mol. The maximum atomic E-state index is 12.9. The van der Waals surface area contributed by atoms with Crippen molar-refractivity contribution in [3.05, 3.63) is 69.5 Å². The summed E-state index contributed by atoms with van der Waals surface area (Å²) < 4.78 is 12.9. The third kappa shape index (κ3) is 3.95. The second-order valence-corrected chi connectivity index (χ2v) is 5.60. The number of halogens is 3. The lowest BCUT2D eigenvalue weighted by atomic mass is 9.93. The standard InChI is InChI=1S/C16H15Cl2FO/c17-15-2-1-3-16(18)14(15)9-12(10-20)8-11-4-6-13(19)7-5-11/h1-7,12,20H,8-10H2. The summed E-state index contributed by atoms with van der Waals surface area (Å²) in [5, 5.41) is 10.7. The average Bonchev–Trinajstić information content (AvgIpc) is 2.44. The molecule has 0 aliphatic carbocycles. The topological polar surface area (TPSA) is 20.2 Å². The number of benzene rings is 2. The molecule has 0 aliphatic rings. The molecule has 0 saturated heterocycles. The smallest absolute Gasteiger partial charge is 0.123 e. The third-order valence-electron chi connectivity index (χ3n) is 3.25. The van der Waals surface area contributed by atoms with Gasteiger partial charge in [-0.05, 0) is 54.2 Å². The first-order chi connectivity index (χ1) is 9.60. The summed E-state index contributed by atoms with van der Waals surface area (Å²) in [6.07, 6.45) is 1.24. The normalized spacial score (nSPS) is 12.4. The molecule has 2 rings (SSSR count). The lowest BCUT2D eigenvalue weighted by Crippen LogP contribution is -2.13. The van der Waals surface area contributed by atoms with E-state index in [1.54, 1.807) is 30.3 Å². The third-order valence-corrected chi connectivity index (χ3v) is 3.96. The van der Waals surface area contributed by atoms with Gasteiger partial charge in [-0.1, -0.05) is 41.4 Å². The van der Waals surface area contributed by atoms with E-state index in [0.29, 0.717) is 22.9 Å². The Morgan fingerprint density at radius 2 is 1.55 bits per heavy atom. The molecule has 0 heterocycles. The van der Waals surface area contributed by atoms with Gasteiger partial charge >= 0.3 is 0 Å². The molecule has 2 aromatic rings. The fourth-order valence-corrected chi connectivity index (χ4v) is 2.72. The molecular formula is C16H15Cl2FO. The van der Waals surface area contributed by atoms with E-state index < -0.39 is 0 Å². The Morgan fingerprint density at radius 3 is 2.10 bits per heavy atom. The number of aliphatic hydroxyl groups is 1. The van der Waals surface area contributed by atoms with Crippen LogP contribution in [0.25, 0.3) is 0 Å². The van der Waals surface area contributed by atoms with Gasteiger partial charge in [-0.25, -0.2) is 4.39 Å². The zero-order valence-corrected chi connectivity index (χ0v) is 12.3. The van der Waals surface area contributed by atoms with Crippen molar-refractivity contribution in [2.45, 2.75) is 12.8 Å². The van der Waals surface area contributed by atoms with Crippen LogP contribution in [0.5, 0.6) is 0 Å². The molecule has 0 aliphatic heterocycles. The van der Waals surface area contributed by atoms with E-state index in [1.165, 1.54) is 12.1 Å². The fourth-order valence-electron chi connectivity index (χ4n) is 2.17. The Bertz CT molecular complexity index is 549. The first-order valence-electron chi connectivity index (χ1n) is 6.38. The van der Waals surface area contributed by atoms with Crippen LogP contribution in [0.2, 0.25) is 10.0 Å². The molecule has 1 unspecified atom stereocenters. The first kappa shape index (κ1) is 15.3. The van der Waals surface area contributed by atoms with Gasteiger partial charge in [-0.2, -0.15) is 0 Å². The van der Waals surface area contributed by atoms with Crippen molar-refractivity contribution in [3.8, 4) is 0 Å². The van der Waals surface area contributed by atoms with Crippen LogP contribution in [-0.2, 0) is 12.8 Å². The number of hydrogen-bond acceptors (Lipinski definition) is 1. The van der Waals surface area contributed by atoms with Gasteiger partial charge in [-0.3, -0.25) is 0 Å². The van der Waals surface area contributed by atoms with Crippen molar-refractivity contribution in [3.63, 3.8) is 0 Å². The van der Waals surface area contributed by atoms with Crippen molar-refractivity contribution >= 4 is 23.2 Å². The fraction of sp³-hybridized carbons (Fsp3) is 0.250. The zero-order valence-electron chi connectivity index (χ0n) is 10.8. The van der Waals surface area contributed by atoms with Gasteiger partial charge in [0, 0.05) is 16.7 Å². The minimum atomic E-state index is -0.261. The van der Waals surface area contributed by atoms with Gasteiger partial charge in [0.05, 0.1) is 0 Å². The van der Waals surface area contributed by atoms with Crippen LogP contribution in [0, 0.1) is 11.7 Å². The average molecular weight is 313 g/mol. The molecule has 0 radical (unpaired) electrons. The number of rotatable bonds is 5. The highest BCUT2D eigenvalue weighted by Crippen LogP contribution is 2.27. The molecule has 1 nitrogen and oxygen atoms in total. The molecule has 1 N–H and O–H groups in total. The Balaban J connectivity index is 2.11. The van der Waals surface area contributed by atoms with E-state index in [-0.39, 0.29) is 18.3 Å². The summed E-state index contributed by atoms with van der Waals surface area (Å²) in [5.74, 6) is -0.263. The van der Waals surface area contributed by atoms with Crippen molar-refractivity contribution in [2.75, 3.05) is 6.61 Å². The van der Waals surface area contributed by atoms with E-state index in [1.807, 2.05) is 0 Å². The van der Waals surface area contributed by atoms with Gasteiger partial charge in [0.2, 0.25) is 0 Å². The quantitative estimate of drug-likeness (QED) is 0.860. The maximum absolute atomic E-state index is 12.9. The molecule has 0 amide bonds. The molecule has 20 heavy (non-hydrogen) atoms. The maximum Gasteiger partial charge on any atom is 0.123 e. The van der Waals surface area contributed by atoms with Crippen LogP contribution in [0.4, 0.5) is 4.39 Å². The number of aliphatic hydroxyl groups excluding tert-OH is 1. The molecule has 0 spiro atoms. The molecule has 1 atom stereocenters. The van der Waals surface area contributed by atoms with Crippen LogP contribution in [0.3, 0.4) is 0 Å². The first-order valence-corrected chi connectivity index (χ1v) is 7.14. The monoisotopic (exact) mass is 312 g/mol. The highest BCUT2D eigenvalue weighted by Gasteiger charge is 2.14. The van der Waals surface area contributed by atoms with E-state index in [4.69, 9.17) is 23.2 Å². The summed E-state index contributed by atoms with van der Waals surface area (Å²) in [6, 6.07) is 11.7. The highest BCUT2D eigenvalue weighted by molar-refractivity contribution is 6.35. The lowest BCUT2D eigenvalue weighted by Gasteiger charge is -2.16. The van der Waals surface area contributed by atoms with Crippen LogP contribution >= 0.6 is 23.2 Å². The molecule has 0 aromatic heterocycles. The SMILES string of the molecule is OCC(Cc1ccc(F)cc1)Cc1c(Cl)cccc1Cl. The van der Waals surface area contributed by atoms with Crippen LogP contribution < -0.4 is 0 Å². The Labute approximate surface area is 128 Å². The van der Waals surface area contributed by atoms with Crippen LogP contribution in [-0.4, -0.2) is 11.7 Å². The van der Waals surface area contributed by atoms with Gasteiger partial charge < -0.3 is 5.11 Å². The molecule has 2 aromatic carbocycles. The largest absolute Gasteiger partial charge is 0.396 e. The van der Waals surface area contributed by atoms with Gasteiger partial charge in [0.1, 0.15) is 5.82 Å².